The second kappa shape index (κ2) is 7.55. The minimum absolute atomic E-state index is 0.565. The van der Waals surface area contributed by atoms with Gasteiger partial charge in [-0.1, -0.05) is 29.8 Å². The van der Waals surface area contributed by atoms with Crippen molar-refractivity contribution in [3.05, 3.63) is 64.7 Å². The van der Waals surface area contributed by atoms with Gasteiger partial charge in [0.05, 0.1) is 5.71 Å². The monoisotopic (exact) mass is 323 g/mol. The number of hydrogen-bond donors (Lipinski definition) is 2. The van der Waals surface area contributed by atoms with E-state index in [-0.39, 0.29) is 0 Å². The van der Waals surface area contributed by atoms with Gasteiger partial charge in [0, 0.05) is 5.69 Å². The van der Waals surface area contributed by atoms with Gasteiger partial charge in [0.25, 0.3) is 0 Å². The lowest BCUT2D eigenvalue weighted by molar-refractivity contribution is -0.136. The van der Waals surface area contributed by atoms with Crippen molar-refractivity contribution in [2.75, 3.05) is 5.32 Å². The van der Waals surface area contributed by atoms with E-state index in [9.17, 15) is 9.59 Å². The zero-order valence-electron chi connectivity index (χ0n) is 14.3. The van der Waals surface area contributed by atoms with E-state index < -0.39 is 11.8 Å². The molecule has 2 aromatic carbocycles. The van der Waals surface area contributed by atoms with Crippen LogP contribution in [0.4, 0.5) is 5.69 Å². The Bertz CT molecular complexity index is 793. The first kappa shape index (κ1) is 17.4. The molecule has 0 saturated carbocycles. The maximum absolute atomic E-state index is 11.9. The fourth-order valence-electron chi connectivity index (χ4n) is 2.04. The third-order valence-corrected chi connectivity index (χ3v) is 3.77. The van der Waals surface area contributed by atoms with Gasteiger partial charge in [-0.15, -0.1) is 0 Å². The maximum Gasteiger partial charge on any atom is 0.329 e. The molecule has 0 bridgehead atoms. The molecule has 0 aliphatic heterocycles. The largest absolute Gasteiger partial charge is 0.329 e. The summed E-state index contributed by atoms with van der Waals surface area (Å²) in [6.07, 6.45) is 0. The van der Waals surface area contributed by atoms with Crippen molar-refractivity contribution in [3.8, 4) is 0 Å². The van der Waals surface area contributed by atoms with E-state index in [0.717, 1.165) is 16.7 Å². The predicted octanol–water partition coefficient (Wildman–Crippen LogP) is 3.09. The van der Waals surface area contributed by atoms with E-state index in [1.807, 2.05) is 51.1 Å². The molecule has 2 aromatic rings. The lowest BCUT2D eigenvalue weighted by atomic mass is 10.0. The Kier molecular flexibility index (Phi) is 5.47. The summed E-state index contributed by atoms with van der Waals surface area (Å²) in [5.41, 5.74) is 7.79. The lowest BCUT2D eigenvalue weighted by Crippen LogP contribution is -2.32. The minimum Gasteiger partial charge on any atom is -0.318 e. The van der Waals surface area contributed by atoms with E-state index in [1.54, 1.807) is 19.1 Å². The van der Waals surface area contributed by atoms with Crippen molar-refractivity contribution in [3.63, 3.8) is 0 Å². The molecule has 0 aliphatic rings. The minimum atomic E-state index is -0.807. The molecule has 0 radical (unpaired) electrons. The summed E-state index contributed by atoms with van der Waals surface area (Å²) in [7, 11) is 0. The van der Waals surface area contributed by atoms with Crippen molar-refractivity contribution < 1.29 is 9.59 Å². The van der Waals surface area contributed by atoms with Gasteiger partial charge in [-0.3, -0.25) is 9.59 Å². The Balaban J connectivity index is 1.98. The normalized spacial score (nSPS) is 11.1. The van der Waals surface area contributed by atoms with Gasteiger partial charge in [-0.05, 0) is 62.6 Å². The van der Waals surface area contributed by atoms with Crippen LogP contribution in [0.3, 0.4) is 0 Å². The van der Waals surface area contributed by atoms with Crippen molar-refractivity contribution in [2.24, 2.45) is 5.10 Å². The van der Waals surface area contributed by atoms with Crippen LogP contribution < -0.4 is 10.7 Å². The van der Waals surface area contributed by atoms with E-state index in [0.29, 0.717) is 11.4 Å². The molecule has 0 unspecified atom stereocenters. The Morgan fingerprint density at radius 3 is 2.17 bits per heavy atom. The molecule has 2 amide bonds. The Hall–Kier alpha value is -2.95. The van der Waals surface area contributed by atoms with Gasteiger partial charge in [0.2, 0.25) is 0 Å². The second-order valence-electron chi connectivity index (χ2n) is 5.76. The number of hydrazone groups is 1. The quantitative estimate of drug-likeness (QED) is 0.518. The number of carbonyl (C=O) groups excluding carboxylic acids is 2. The van der Waals surface area contributed by atoms with Crippen molar-refractivity contribution >= 4 is 23.2 Å². The zero-order valence-corrected chi connectivity index (χ0v) is 14.3. The molecule has 2 rings (SSSR count). The van der Waals surface area contributed by atoms with Gasteiger partial charge < -0.3 is 5.32 Å². The summed E-state index contributed by atoms with van der Waals surface area (Å²) in [5, 5.41) is 6.53. The predicted molar refractivity (Wildman–Crippen MR) is 96.1 cm³/mol. The van der Waals surface area contributed by atoms with Crippen LogP contribution in [0.1, 0.15) is 29.2 Å². The van der Waals surface area contributed by atoms with Crippen LogP contribution in [0.15, 0.2) is 47.6 Å². The van der Waals surface area contributed by atoms with Crippen LogP contribution in [0.5, 0.6) is 0 Å². The molecule has 0 heterocycles. The molecule has 5 nitrogen and oxygen atoms in total. The molecule has 0 saturated heterocycles. The summed E-state index contributed by atoms with van der Waals surface area (Å²) in [5.74, 6) is -1.56. The van der Waals surface area contributed by atoms with Crippen LogP contribution >= 0.6 is 0 Å². The van der Waals surface area contributed by atoms with E-state index in [2.05, 4.69) is 15.8 Å². The molecule has 124 valence electrons. The topological polar surface area (TPSA) is 70.6 Å². The summed E-state index contributed by atoms with van der Waals surface area (Å²) in [4.78, 5) is 23.7. The third-order valence-electron chi connectivity index (χ3n) is 3.77. The van der Waals surface area contributed by atoms with Gasteiger partial charge in [-0.25, -0.2) is 5.43 Å². The summed E-state index contributed by atoms with van der Waals surface area (Å²) < 4.78 is 0. The van der Waals surface area contributed by atoms with E-state index in [4.69, 9.17) is 0 Å². The van der Waals surface area contributed by atoms with Crippen LogP contribution in [0.2, 0.25) is 0 Å². The highest BCUT2D eigenvalue weighted by Gasteiger charge is 2.13. The molecule has 0 aliphatic carbocycles. The van der Waals surface area contributed by atoms with Crippen LogP contribution in [0, 0.1) is 20.8 Å². The molecule has 0 aromatic heterocycles. The number of hydrogen-bond acceptors (Lipinski definition) is 3. The number of benzene rings is 2. The standard InChI is InChI=1S/C19H21N3O2/c1-12-5-9-17(10-6-12)20-18(23)19(24)22-21-15(4)16-8-7-13(2)14(3)11-16/h5-11H,1-4H3,(H,20,23)(H,22,24)/b21-15-. The molecule has 0 spiro atoms. The molecular weight excluding hydrogens is 302 g/mol. The zero-order chi connectivity index (χ0) is 17.7. The fourth-order valence-corrected chi connectivity index (χ4v) is 2.04. The number of carbonyl (C=O) groups is 2. The average Bonchev–Trinajstić information content (AvgIpc) is 2.56. The molecular formula is C19H21N3O2. The van der Waals surface area contributed by atoms with Gasteiger partial charge in [-0.2, -0.15) is 5.10 Å². The van der Waals surface area contributed by atoms with Crippen LogP contribution in [0.25, 0.3) is 0 Å². The Morgan fingerprint density at radius 2 is 1.54 bits per heavy atom. The van der Waals surface area contributed by atoms with Gasteiger partial charge in [0.1, 0.15) is 0 Å². The highest BCUT2D eigenvalue weighted by atomic mass is 16.2. The SMILES string of the molecule is C/C(=N/NC(=O)C(=O)Nc1ccc(C)cc1)c1ccc(C)c(C)c1. The van der Waals surface area contributed by atoms with E-state index >= 15 is 0 Å². The number of nitrogens with zero attached hydrogens (tertiary/aromatic N) is 1. The lowest BCUT2D eigenvalue weighted by Gasteiger charge is -2.06. The highest BCUT2D eigenvalue weighted by Crippen LogP contribution is 2.11. The molecule has 0 atom stereocenters. The van der Waals surface area contributed by atoms with Gasteiger partial charge in [0.15, 0.2) is 0 Å². The van der Waals surface area contributed by atoms with Crippen molar-refractivity contribution in [2.45, 2.75) is 27.7 Å². The van der Waals surface area contributed by atoms with Crippen molar-refractivity contribution in [1.29, 1.82) is 0 Å². The summed E-state index contributed by atoms with van der Waals surface area (Å²) in [6, 6.07) is 13.1. The number of amides is 2. The first-order chi connectivity index (χ1) is 11.4. The molecule has 2 N–H and O–H groups in total. The highest BCUT2D eigenvalue weighted by molar-refractivity contribution is 6.39. The molecule has 5 heteroatoms. The summed E-state index contributed by atoms with van der Waals surface area (Å²) >= 11 is 0. The smallest absolute Gasteiger partial charge is 0.318 e. The Morgan fingerprint density at radius 1 is 0.875 bits per heavy atom. The number of rotatable bonds is 3. The van der Waals surface area contributed by atoms with E-state index in [1.165, 1.54) is 5.56 Å². The first-order valence-corrected chi connectivity index (χ1v) is 7.66. The number of nitrogens with one attached hydrogen (secondary N) is 2. The molecule has 0 fully saturated rings. The average molecular weight is 323 g/mol. The summed E-state index contributed by atoms with van der Waals surface area (Å²) in [6.45, 7) is 7.77. The Labute approximate surface area is 141 Å². The fraction of sp³-hybridized carbons (Fsp3) is 0.211. The van der Waals surface area contributed by atoms with Crippen molar-refractivity contribution in [1.82, 2.24) is 5.43 Å². The molecule has 24 heavy (non-hydrogen) atoms. The van der Waals surface area contributed by atoms with Gasteiger partial charge >= 0.3 is 11.8 Å². The number of anilines is 1. The van der Waals surface area contributed by atoms with Crippen LogP contribution in [-0.2, 0) is 9.59 Å². The first-order valence-electron chi connectivity index (χ1n) is 7.66. The number of aryl methyl sites for hydroxylation is 3. The maximum atomic E-state index is 11.9. The van der Waals surface area contributed by atoms with Crippen LogP contribution in [-0.4, -0.2) is 17.5 Å². The third kappa shape index (κ3) is 4.52. The second-order valence-corrected chi connectivity index (χ2v) is 5.76.